The molecule has 0 bridgehead atoms. The molecule has 6 heteroatoms. The van der Waals surface area contributed by atoms with Crippen LogP contribution >= 0.6 is 0 Å². The molecule has 40 heavy (non-hydrogen) atoms. The summed E-state index contributed by atoms with van der Waals surface area (Å²) in [6.45, 7) is 5.40. The molecule has 0 radical (unpaired) electrons. The molecule has 0 aromatic heterocycles. The average Bonchev–Trinajstić information content (AvgIpc) is 3.02. The summed E-state index contributed by atoms with van der Waals surface area (Å²) in [7, 11) is 0. The molecule has 5 rings (SSSR count). The zero-order valence-corrected chi connectivity index (χ0v) is 22.8. The largest absolute Gasteiger partial charge is 0.494 e. The van der Waals surface area contributed by atoms with E-state index in [4.69, 9.17) is 4.74 Å². The van der Waals surface area contributed by atoms with Crippen molar-refractivity contribution in [1.82, 2.24) is 9.80 Å². The fourth-order valence-corrected chi connectivity index (χ4v) is 5.13. The van der Waals surface area contributed by atoms with Crippen molar-refractivity contribution in [3.05, 3.63) is 131 Å². The molecule has 4 aromatic carbocycles. The zero-order valence-electron chi connectivity index (χ0n) is 22.8. The van der Waals surface area contributed by atoms with Gasteiger partial charge in [0.1, 0.15) is 5.75 Å². The maximum atomic E-state index is 13.6. The van der Waals surface area contributed by atoms with E-state index >= 15 is 0 Å². The summed E-state index contributed by atoms with van der Waals surface area (Å²) in [5.74, 6) is 0.394. The molecule has 1 saturated heterocycles. The van der Waals surface area contributed by atoms with Crippen molar-refractivity contribution in [2.24, 2.45) is 0 Å². The van der Waals surface area contributed by atoms with E-state index in [1.165, 1.54) is 11.1 Å². The van der Waals surface area contributed by atoms with Crippen LogP contribution in [0.1, 0.15) is 51.2 Å². The Morgan fingerprint density at radius 3 is 1.93 bits per heavy atom. The highest BCUT2D eigenvalue weighted by Crippen LogP contribution is 2.30. The number of para-hydroxylation sites is 1. The molecule has 204 valence electrons. The molecule has 0 saturated carbocycles. The standard InChI is InChI=1S/C34H35N3O3/c1-2-25-40-29-19-17-28(18-20-29)33(38)35-31-16-10-9-15-30(31)34(39)37-23-21-36(22-24-37)32(26-11-5-3-6-12-26)27-13-7-4-8-14-27/h3-20,32H,2,21-25H2,1H3,(H,35,38). The van der Waals surface area contributed by atoms with Crippen LogP contribution < -0.4 is 10.1 Å². The number of amides is 2. The summed E-state index contributed by atoms with van der Waals surface area (Å²) in [4.78, 5) is 31.0. The molecule has 4 aromatic rings. The summed E-state index contributed by atoms with van der Waals surface area (Å²) < 4.78 is 5.61. The molecule has 2 amide bonds. The van der Waals surface area contributed by atoms with Crippen LogP contribution in [-0.2, 0) is 0 Å². The van der Waals surface area contributed by atoms with Gasteiger partial charge in [0.05, 0.1) is 23.9 Å². The quantitative estimate of drug-likeness (QED) is 0.275. The van der Waals surface area contributed by atoms with Crippen molar-refractivity contribution in [3.8, 4) is 5.75 Å². The van der Waals surface area contributed by atoms with Crippen molar-refractivity contribution in [2.45, 2.75) is 19.4 Å². The number of hydrogen-bond acceptors (Lipinski definition) is 4. The number of hydrogen-bond donors (Lipinski definition) is 1. The normalized spacial score (nSPS) is 13.7. The van der Waals surface area contributed by atoms with E-state index in [9.17, 15) is 9.59 Å². The predicted octanol–water partition coefficient (Wildman–Crippen LogP) is 6.28. The van der Waals surface area contributed by atoms with E-state index in [-0.39, 0.29) is 17.9 Å². The molecule has 0 unspecified atom stereocenters. The van der Waals surface area contributed by atoms with E-state index in [0.717, 1.165) is 25.3 Å². The lowest BCUT2D eigenvalue weighted by atomic mass is 9.96. The number of nitrogens with zero attached hydrogens (tertiary/aromatic N) is 2. The first kappa shape index (κ1) is 27.2. The molecule has 1 N–H and O–H groups in total. The Hall–Kier alpha value is -4.42. The second kappa shape index (κ2) is 13.1. The van der Waals surface area contributed by atoms with Crippen LogP contribution in [0, 0.1) is 0 Å². The highest BCUT2D eigenvalue weighted by molar-refractivity contribution is 6.09. The number of carbonyl (C=O) groups is 2. The number of ether oxygens (including phenoxy) is 1. The topological polar surface area (TPSA) is 61.9 Å². The van der Waals surface area contributed by atoms with Crippen LogP contribution in [0.15, 0.2) is 109 Å². The second-order valence-electron chi connectivity index (χ2n) is 9.92. The second-order valence-corrected chi connectivity index (χ2v) is 9.92. The lowest BCUT2D eigenvalue weighted by Gasteiger charge is -2.40. The Labute approximate surface area is 236 Å². The van der Waals surface area contributed by atoms with Gasteiger partial charge in [0.2, 0.25) is 0 Å². The fourth-order valence-electron chi connectivity index (χ4n) is 5.13. The molecule has 0 aliphatic carbocycles. The van der Waals surface area contributed by atoms with Gasteiger partial charge in [0.15, 0.2) is 0 Å². The maximum Gasteiger partial charge on any atom is 0.256 e. The van der Waals surface area contributed by atoms with E-state index in [2.05, 4.69) is 58.7 Å². The molecule has 1 aliphatic heterocycles. The summed E-state index contributed by atoms with van der Waals surface area (Å²) in [5, 5.41) is 2.94. The van der Waals surface area contributed by atoms with E-state index < -0.39 is 0 Å². The van der Waals surface area contributed by atoms with Crippen LogP contribution in [-0.4, -0.2) is 54.4 Å². The van der Waals surface area contributed by atoms with Crippen molar-refractivity contribution < 1.29 is 14.3 Å². The molecule has 1 heterocycles. The molecule has 0 spiro atoms. The Kier molecular flexibility index (Phi) is 8.89. The first-order valence-electron chi connectivity index (χ1n) is 13.9. The third-order valence-corrected chi connectivity index (χ3v) is 7.19. The Balaban J connectivity index is 1.26. The minimum absolute atomic E-state index is 0.0742. The SMILES string of the molecule is CCCOc1ccc(C(=O)Nc2ccccc2C(=O)N2CCN(C(c3ccccc3)c3ccccc3)CC2)cc1. The van der Waals surface area contributed by atoms with Crippen molar-refractivity contribution >= 4 is 17.5 Å². The van der Waals surface area contributed by atoms with Gasteiger partial charge >= 0.3 is 0 Å². The number of anilines is 1. The van der Waals surface area contributed by atoms with Crippen LogP contribution in [0.3, 0.4) is 0 Å². The first-order chi connectivity index (χ1) is 19.6. The highest BCUT2D eigenvalue weighted by atomic mass is 16.5. The lowest BCUT2D eigenvalue weighted by molar-refractivity contribution is 0.0598. The number of benzene rings is 4. The minimum atomic E-state index is -0.263. The molecular formula is C34H35N3O3. The molecule has 6 nitrogen and oxygen atoms in total. The highest BCUT2D eigenvalue weighted by Gasteiger charge is 2.29. The third kappa shape index (κ3) is 6.41. The van der Waals surface area contributed by atoms with Gasteiger partial charge in [0, 0.05) is 31.7 Å². The summed E-state index contributed by atoms with van der Waals surface area (Å²) >= 11 is 0. The van der Waals surface area contributed by atoms with Crippen LogP contribution in [0.4, 0.5) is 5.69 Å². The number of nitrogens with one attached hydrogen (secondary N) is 1. The van der Waals surface area contributed by atoms with Gasteiger partial charge in [-0.1, -0.05) is 79.7 Å². The predicted molar refractivity (Wildman–Crippen MR) is 159 cm³/mol. The van der Waals surface area contributed by atoms with Crippen molar-refractivity contribution in [3.63, 3.8) is 0 Å². The Morgan fingerprint density at radius 2 is 1.32 bits per heavy atom. The fraction of sp³-hybridized carbons (Fsp3) is 0.235. The van der Waals surface area contributed by atoms with E-state index in [1.807, 2.05) is 36.1 Å². The van der Waals surface area contributed by atoms with Gasteiger partial charge in [-0.3, -0.25) is 14.5 Å². The van der Waals surface area contributed by atoms with Gasteiger partial charge in [-0.25, -0.2) is 0 Å². The van der Waals surface area contributed by atoms with Gasteiger partial charge in [-0.2, -0.15) is 0 Å². The zero-order chi connectivity index (χ0) is 27.7. The first-order valence-corrected chi connectivity index (χ1v) is 13.9. The summed E-state index contributed by atoms with van der Waals surface area (Å²) in [5.41, 5.74) is 4.00. The third-order valence-electron chi connectivity index (χ3n) is 7.19. The molecule has 0 atom stereocenters. The van der Waals surface area contributed by atoms with Crippen molar-refractivity contribution in [1.29, 1.82) is 0 Å². The van der Waals surface area contributed by atoms with Gasteiger partial charge in [0.25, 0.3) is 11.8 Å². The van der Waals surface area contributed by atoms with Crippen LogP contribution in [0.5, 0.6) is 5.75 Å². The molecule has 1 fully saturated rings. The summed E-state index contributed by atoms with van der Waals surface area (Å²) in [6.07, 6.45) is 0.919. The van der Waals surface area contributed by atoms with E-state index in [0.29, 0.717) is 36.5 Å². The van der Waals surface area contributed by atoms with Crippen LogP contribution in [0.25, 0.3) is 0 Å². The number of rotatable bonds is 9. The van der Waals surface area contributed by atoms with Crippen molar-refractivity contribution in [2.75, 3.05) is 38.1 Å². The lowest BCUT2D eigenvalue weighted by Crippen LogP contribution is -2.50. The molecule has 1 aliphatic rings. The monoisotopic (exact) mass is 533 g/mol. The number of carbonyl (C=O) groups excluding carboxylic acids is 2. The Bertz CT molecular complexity index is 1360. The molecular weight excluding hydrogens is 498 g/mol. The van der Waals surface area contributed by atoms with Crippen LogP contribution in [0.2, 0.25) is 0 Å². The van der Waals surface area contributed by atoms with E-state index in [1.54, 1.807) is 36.4 Å². The maximum absolute atomic E-state index is 13.6. The van der Waals surface area contributed by atoms with Gasteiger partial charge in [-0.15, -0.1) is 0 Å². The number of piperazine rings is 1. The minimum Gasteiger partial charge on any atom is -0.494 e. The Morgan fingerprint density at radius 1 is 0.750 bits per heavy atom. The van der Waals surface area contributed by atoms with Gasteiger partial charge in [-0.05, 0) is 53.9 Å². The smallest absolute Gasteiger partial charge is 0.256 e. The average molecular weight is 534 g/mol. The van der Waals surface area contributed by atoms with Gasteiger partial charge < -0.3 is 15.0 Å². The summed E-state index contributed by atoms with van der Waals surface area (Å²) in [6, 6.07) is 35.4.